The number of rotatable bonds is 14. The molecule has 40 heavy (non-hydrogen) atoms. The van der Waals surface area contributed by atoms with Crippen molar-refractivity contribution in [3.05, 3.63) is 50.5 Å². The van der Waals surface area contributed by atoms with E-state index in [2.05, 4.69) is 62.0 Å². The van der Waals surface area contributed by atoms with Gasteiger partial charge in [-0.05, 0) is 22.6 Å². The van der Waals surface area contributed by atoms with Crippen LogP contribution in [-0.4, -0.2) is 56.8 Å². The number of halogens is 1. The Labute approximate surface area is 258 Å². The number of unbranched alkanes of at least 4 members (excludes halogenated alkanes) is 3. The van der Waals surface area contributed by atoms with E-state index in [4.69, 9.17) is 5.73 Å². The number of hydrogen-bond acceptors (Lipinski definition) is 4. The van der Waals surface area contributed by atoms with Crippen LogP contribution < -0.4 is 5.73 Å². The van der Waals surface area contributed by atoms with Crippen LogP contribution in [-0.2, 0) is 7.05 Å². The van der Waals surface area contributed by atoms with Gasteiger partial charge in [-0.25, -0.2) is 9.97 Å². The summed E-state index contributed by atoms with van der Waals surface area (Å²) in [6, 6.07) is 7.96. The number of fused-ring (bicyclic) bond motifs is 1. The van der Waals surface area contributed by atoms with Crippen LogP contribution in [0.25, 0.3) is 22.2 Å². The summed E-state index contributed by atoms with van der Waals surface area (Å²) in [4.78, 5) is 24.0. The first-order valence-electron chi connectivity index (χ1n) is 15.1. The fraction of sp³-hybridized carbons (Fsp3) is 0.531. The molecular formula is C32H46IN5OSn. The normalized spacial score (nSPS) is 15.7. The standard InChI is InChI=1S/C22H25IN5O.2C4H9.C2H3.Sn/c1-3-4-5-14-10-11-28(12-14)22(29)16-8-6-15(7-9-16)17-18-20(24)25-13-26-21(18)27(2)19(17)23;2*1-3-4-2;1-2;/h6-9,13-14H,1,3-5,10-12H2,2H3,(H2,24,25,26);2*1,3-4H2,2H3;1H,2H2;. The first-order chi connectivity index (χ1) is 19.3. The molecule has 0 radical (unpaired) electrons. The van der Waals surface area contributed by atoms with Gasteiger partial charge in [0.15, 0.2) is 0 Å². The molecule has 1 saturated heterocycles. The van der Waals surface area contributed by atoms with Gasteiger partial charge in [-0.2, -0.15) is 0 Å². The van der Waals surface area contributed by atoms with Crippen molar-refractivity contribution >= 4 is 63.7 Å². The van der Waals surface area contributed by atoms with E-state index in [0.29, 0.717) is 11.7 Å². The van der Waals surface area contributed by atoms with E-state index in [-0.39, 0.29) is 5.91 Å². The second kappa shape index (κ2) is 14.5. The molecule has 0 saturated carbocycles. The Balaban J connectivity index is 1.33. The maximum absolute atomic E-state index is 13.4. The minimum absolute atomic E-state index is 0.144. The van der Waals surface area contributed by atoms with E-state index < -0.39 is 18.4 Å². The third-order valence-electron chi connectivity index (χ3n) is 8.95. The Morgan fingerprint density at radius 3 is 2.42 bits per heavy atom. The molecule has 216 valence electrons. The number of hydrogen-bond donors (Lipinski definition) is 1. The van der Waals surface area contributed by atoms with Crippen LogP contribution in [0.4, 0.5) is 5.82 Å². The van der Waals surface area contributed by atoms with Gasteiger partial charge in [-0.1, -0.05) is 0 Å². The Kier molecular flexibility index (Phi) is 11.4. The van der Waals surface area contributed by atoms with E-state index in [1.165, 1.54) is 64.6 Å². The maximum atomic E-state index is 13.4. The van der Waals surface area contributed by atoms with Gasteiger partial charge in [-0.3, -0.25) is 0 Å². The Morgan fingerprint density at radius 2 is 1.77 bits per heavy atom. The minimum atomic E-state index is -2.17. The van der Waals surface area contributed by atoms with Crippen molar-refractivity contribution in [2.45, 2.75) is 78.5 Å². The number of carbonyl (C=O) groups is 1. The van der Waals surface area contributed by atoms with Gasteiger partial charge in [0, 0.05) is 12.6 Å². The summed E-state index contributed by atoms with van der Waals surface area (Å²) in [6.45, 7) is 10.7. The van der Waals surface area contributed by atoms with Crippen molar-refractivity contribution < 1.29 is 4.79 Å². The average molecular weight is 762 g/mol. The molecule has 1 amide bonds. The Hall–Kier alpha value is -1.62. The zero-order valence-corrected chi connectivity index (χ0v) is 29.6. The quantitative estimate of drug-likeness (QED) is 0.102. The van der Waals surface area contributed by atoms with Crippen LogP contribution in [0.5, 0.6) is 0 Å². The molecule has 1 aliphatic rings. The van der Waals surface area contributed by atoms with Crippen LogP contribution in [0.15, 0.2) is 41.3 Å². The number of anilines is 1. The van der Waals surface area contributed by atoms with E-state index in [1.54, 1.807) is 0 Å². The van der Waals surface area contributed by atoms with Gasteiger partial charge in [0.2, 0.25) is 0 Å². The molecular weight excluding hydrogens is 716 g/mol. The van der Waals surface area contributed by atoms with Crippen molar-refractivity contribution in [2.24, 2.45) is 13.0 Å². The predicted molar refractivity (Wildman–Crippen MR) is 179 cm³/mol. The summed E-state index contributed by atoms with van der Waals surface area (Å²) < 4.78 is 9.99. The van der Waals surface area contributed by atoms with E-state index in [9.17, 15) is 4.79 Å². The number of aromatic nitrogens is 3. The summed E-state index contributed by atoms with van der Waals surface area (Å²) in [5.74, 6) is 1.25. The number of aryl methyl sites for hydroxylation is 1. The molecule has 2 aromatic heterocycles. The summed E-state index contributed by atoms with van der Waals surface area (Å²) in [5.41, 5.74) is 9.84. The van der Waals surface area contributed by atoms with E-state index in [0.717, 1.165) is 50.9 Å². The molecule has 2 N–H and O–H groups in total. The zero-order valence-electron chi connectivity index (χ0n) is 24.6. The molecule has 1 aliphatic heterocycles. The van der Waals surface area contributed by atoms with Crippen molar-refractivity contribution in [1.82, 2.24) is 19.4 Å². The molecule has 1 atom stereocenters. The molecule has 0 aliphatic carbocycles. The number of carbonyl (C=O) groups excluding carboxylic acids is 1. The first-order valence-corrected chi connectivity index (χ1v) is 23.9. The third-order valence-corrected chi connectivity index (χ3v) is 24.2. The van der Waals surface area contributed by atoms with Crippen molar-refractivity contribution in [2.75, 3.05) is 18.8 Å². The molecule has 4 rings (SSSR count). The SMILES string of the molecule is C=[CH][Sn]([CH2]CCC)([CH2]CCC)[CH2]CCCC1CCN(C(=O)c2ccc(-c3c(I)n(C)c4ncnc(N)c34)cc2)C1. The molecule has 1 aromatic carbocycles. The van der Waals surface area contributed by atoms with Gasteiger partial charge in [0.25, 0.3) is 0 Å². The van der Waals surface area contributed by atoms with E-state index >= 15 is 0 Å². The van der Waals surface area contributed by atoms with Crippen LogP contribution in [0.1, 0.15) is 75.6 Å². The van der Waals surface area contributed by atoms with Gasteiger partial charge in [0.05, 0.1) is 9.09 Å². The molecule has 8 heteroatoms. The van der Waals surface area contributed by atoms with Gasteiger partial charge in [-0.15, -0.1) is 0 Å². The molecule has 1 fully saturated rings. The number of benzene rings is 1. The second-order valence-corrected chi connectivity index (χ2v) is 25.9. The van der Waals surface area contributed by atoms with E-state index in [1.807, 2.05) is 35.9 Å². The second-order valence-electron chi connectivity index (χ2n) is 11.7. The number of amides is 1. The fourth-order valence-corrected chi connectivity index (χ4v) is 19.8. The van der Waals surface area contributed by atoms with Gasteiger partial charge < -0.3 is 10.3 Å². The van der Waals surface area contributed by atoms with Gasteiger partial charge in [0.1, 0.15) is 17.8 Å². The van der Waals surface area contributed by atoms with Crippen molar-refractivity contribution in [3.8, 4) is 11.1 Å². The van der Waals surface area contributed by atoms with Crippen LogP contribution in [0.3, 0.4) is 0 Å². The third kappa shape index (κ3) is 7.05. The molecule has 0 bridgehead atoms. The summed E-state index contributed by atoms with van der Waals surface area (Å²) in [6.07, 6.45) is 11.9. The summed E-state index contributed by atoms with van der Waals surface area (Å²) in [7, 11) is 1.99. The van der Waals surface area contributed by atoms with Crippen LogP contribution in [0.2, 0.25) is 13.3 Å². The number of nitrogens with zero attached hydrogens (tertiary/aromatic N) is 4. The average Bonchev–Trinajstić information content (AvgIpc) is 3.55. The Bertz CT molecular complexity index is 1300. The number of nitrogen functional groups attached to an aromatic ring is 1. The molecule has 1 unspecified atom stereocenters. The monoisotopic (exact) mass is 763 g/mol. The zero-order chi connectivity index (χ0) is 28.7. The molecule has 6 nitrogen and oxygen atoms in total. The fourth-order valence-electron chi connectivity index (χ4n) is 6.37. The Morgan fingerprint density at radius 1 is 1.10 bits per heavy atom. The van der Waals surface area contributed by atoms with Crippen LogP contribution >= 0.6 is 22.6 Å². The molecule has 0 spiro atoms. The van der Waals surface area contributed by atoms with Crippen LogP contribution in [0, 0.1) is 9.62 Å². The number of likely N-dealkylation sites (tertiary alicyclic amines) is 1. The summed E-state index contributed by atoms with van der Waals surface area (Å²) >= 11 is 0.153. The molecule has 3 heterocycles. The van der Waals surface area contributed by atoms with Gasteiger partial charge >= 0.3 is 178 Å². The first kappa shape index (κ1) is 31.3. The summed E-state index contributed by atoms with van der Waals surface area (Å²) in [5, 5.41) is 0.862. The number of nitrogens with two attached hydrogens (primary N) is 1. The van der Waals surface area contributed by atoms with Crippen molar-refractivity contribution in [3.63, 3.8) is 0 Å². The topological polar surface area (TPSA) is 77.0 Å². The predicted octanol–water partition coefficient (Wildman–Crippen LogP) is 8.23. The molecule has 3 aromatic rings. The van der Waals surface area contributed by atoms with Crippen molar-refractivity contribution in [1.29, 1.82) is 0 Å².